The second-order valence-corrected chi connectivity index (χ2v) is 11.3. The molecule has 4 aromatic heterocycles. The van der Waals surface area contributed by atoms with Gasteiger partial charge in [0.25, 0.3) is 0 Å². The minimum Gasteiger partial charge on any atom is -0.355 e. The van der Waals surface area contributed by atoms with Crippen molar-refractivity contribution in [1.82, 2.24) is 19.9 Å². The summed E-state index contributed by atoms with van der Waals surface area (Å²) in [5, 5.41) is 0. The molecule has 8 aromatic rings. The Morgan fingerprint density at radius 2 is 0.318 bits per heavy atom. The zero-order valence-corrected chi connectivity index (χ0v) is 23.9. The lowest BCUT2D eigenvalue weighted by molar-refractivity contribution is 1.34. The number of rotatable bonds is 0. The molecule has 0 saturated heterocycles. The number of nitrogens with one attached hydrogen (secondary N) is 4. The van der Waals surface area contributed by atoms with Gasteiger partial charge < -0.3 is 19.9 Å². The van der Waals surface area contributed by atoms with Crippen LogP contribution < -0.4 is 0 Å². The van der Waals surface area contributed by atoms with Gasteiger partial charge in [0.15, 0.2) is 0 Å². The van der Waals surface area contributed by atoms with Crippen LogP contribution >= 0.6 is 0 Å². The molecule has 8 bridgehead atoms. The van der Waals surface area contributed by atoms with E-state index < -0.39 is 0 Å². The summed E-state index contributed by atoms with van der Waals surface area (Å²) in [7, 11) is 0. The lowest BCUT2D eigenvalue weighted by Gasteiger charge is -2.11. The predicted octanol–water partition coefficient (Wildman–Crippen LogP) is 10.6. The van der Waals surface area contributed by atoms with Crippen molar-refractivity contribution in [2.45, 2.75) is 0 Å². The average Bonchev–Trinajstić information content (AvgIpc) is 3.91. The van der Waals surface area contributed by atoms with Crippen LogP contribution in [0.15, 0.2) is 146 Å². The third-order valence-electron chi connectivity index (χ3n) is 8.77. The van der Waals surface area contributed by atoms with Crippen molar-refractivity contribution >= 4 is 0 Å². The number of benzene rings is 4. The standard InChI is InChI=1S/C40H28N4/c1-2-10-26-25(9-1)33-17-18-35(41-33)27-11-3-4-12-28(27)37-21-22-39(43-37)31-15-7-8-16-32(31)40-24-23-38(44-40)30-14-6-5-13-29(30)36-20-19-34(26)42-36/h1-24,41-44H. The summed E-state index contributed by atoms with van der Waals surface area (Å²) < 4.78 is 0. The van der Waals surface area contributed by atoms with Crippen molar-refractivity contribution in [2.75, 3.05) is 0 Å². The van der Waals surface area contributed by atoms with Gasteiger partial charge in [-0.05, 0) is 48.5 Å². The molecule has 4 aromatic carbocycles. The summed E-state index contributed by atoms with van der Waals surface area (Å²) in [6.07, 6.45) is 0. The van der Waals surface area contributed by atoms with Crippen LogP contribution in [0, 0.1) is 0 Å². The summed E-state index contributed by atoms with van der Waals surface area (Å²) in [5.41, 5.74) is 17.9. The monoisotopic (exact) mass is 564 g/mol. The molecule has 5 heterocycles. The topological polar surface area (TPSA) is 63.2 Å². The van der Waals surface area contributed by atoms with Crippen molar-refractivity contribution in [1.29, 1.82) is 0 Å². The van der Waals surface area contributed by atoms with Crippen LogP contribution in [0.2, 0.25) is 0 Å². The maximum atomic E-state index is 3.75. The first-order valence-electron chi connectivity index (χ1n) is 15.0. The fraction of sp³-hybridized carbons (Fsp3) is 0. The summed E-state index contributed by atoms with van der Waals surface area (Å²) in [6.45, 7) is 0. The van der Waals surface area contributed by atoms with Gasteiger partial charge in [-0.25, -0.2) is 0 Å². The van der Waals surface area contributed by atoms with E-state index in [1.165, 1.54) is 0 Å². The number of fused-ring (bicyclic) bond motifs is 20. The quantitative estimate of drug-likeness (QED) is 0.142. The van der Waals surface area contributed by atoms with Crippen LogP contribution in [-0.4, -0.2) is 19.9 Å². The second-order valence-electron chi connectivity index (χ2n) is 11.3. The second kappa shape index (κ2) is 9.79. The first-order chi connectivity index (χ1) is 21.8. The zero-order chi connectivity index (χ0) is 29.0. The van der Waals surface area contributed by atoms with E-state index in [0.717, 1.165) is 90.1 Å². The third-order valence-corrected chi connectivity index (χ3v) is 8.77. The maximum Gasteiger partial charge on any atom is 0.0465 e. The molecule has 44 heavy (non-hydrogen) atoms. The van der Waals surface area contributed by atoms with Gasteiger partial charge in [-0.1, -0.05) is 97.1 Å². The van der Waals surface area contributed by atoms with Crippen LogP contribution in [0.1, 0.15) is 0 Å². The molecule has 0 atom stereocenters. The highest BCUT2D eigenvalue weighted by Crippen LogP contribution is 2.40. The Morgan fingerprint density at radius 1 is 0.182 bits per heavy atom. The van der Waals surface area contributed by atoms with Crippen LogP contribution in [0.4, 0.5) is 0 Å². The van der Waals surface area contributed by atoms with Gasteiger partial charge in [0, 0.05) is 90.1 Å². The molecule has 0 amide bonds. The summed E-state index contributed by atoms with van der Waals surface area (Å²) >= 11 is 0. The van der Waals surface area contributed by atoms with Crippen LogP contribution in [-0.2, 0) is 0 Å². The van der Waals surface area contributed by atoms with Gasteiger partial charge in [-0.15, -0.1) is 0 Å². The smallest absolute Gasteiger partial charge is 0.0465 e. The Balaban J connectivity index is 1.30. The van der Waals surface area contributed by atoms with Crippen molar-refractivity contribution < 1.29 is 0 Å². The van der Waals surface area contributed by atoms with E-state index in [-0.39, 0.29) is 0 Å². The molecule has 1 aliphatic heterocycles. The van der Waals surface area contributed by atoms with E-state index in [0.29, 0.717) is 0 Å². The normalized spacial score (nSPS) is 11.6. The Bertz CT molecular complexity index is 1830. The fourth-order valence-corrected chi connectivity index (χ4v) is 6.65. The number of hydrogen-bond donors (Lipinski definition) is 4. The number of aromatic nitrogens is 4. The molecule has 0 saturated carbocycles. The Labute approximate surface area is 255 Å². The molecule has 4 N–H and O–H groups in total. The maximum absolute atomic E-state index is 3.75. The van der Waals surface area contributed by atoms with Crippen molar-refractivity contribution in [3.8, 4) is 90.1 Å². The number of aromatic amines is 4. The molecule has 4 nitrogen and oxygen atoms in total. The van der Waals surface area contributed by atoms with E-state index in [1.807, 2.05) is 0 Å². The van der Waals surface area contributed by atoms with Crippen molar-refractivity contribution in [2.24, 2.45) is 0 Å². The molecule has 0 spiro atoms. The molecular weight excluding hydrogens is 536 g/mol. The van der Waals surface area contributed by atoms with E-state index in [4.69, 9.17) is 0 Å². The van der Waals surface area contributed by atoms with Gasteiger partial charge >= 0.3 is 0 Å². The van der Waals surface area contributed by atoms with E-state index in [9.17, 15) is 0 Å². The highest BCUT2D eigenvalue weighted by Gasteiger charge is 2.18. The molecule has 0 unspecified atom stereocenters. The lowest BCUT2D eigenvalue weighted by Crippen LogP contribution is -1.90. The summed E-state index contributed by atoms with van der Waals surface area (Å²) in [5.74, 6) is 0. The van der Waals surface area contributed by atoms with Gasteiger partial charge in [-0.3, -0.25) is 0 Å². The predicted molar refractivity (Wildman–Crippen MR) is 181 cm³/mol. The van der Waals surface area contributed by atoms with Gasteiger partial charge in [0.2, 0.25) is 0 Å². The Morgan fingerprint density at radius 3 is 0.455 bits per heavy atom. The zero-order valence-electron chi connectivity index (χ0n) is 23.9. The van der Waals surface area contributed by atoms with E-state index in [1.54, 1.807) is 0 Å². The van der Waals surface area contributed by atoms with Crippen LogP contribution in [0.5, 0.6) is 0 Å². The largest absolute Gasteiger partial charge is 0.355 e. The number of hydrogen-bond acceptors (Lipinski definition) is 0. The number of H-pyrrole nitrogens is 4. The molecule has 208 valence electrons. The molecule has 1 aliphatic rings. The first-order valence-corrected chi connectivity index (χ1v) is 15.0. The minimum atomic E-state index is 1.08. The van der Waals surface area contributed by atoms with Crippen LogP contribution in [0.25, 0.3) is 90.1 Å². The Hall–Kier alpha value is -6.00. The van der Waals surface area contributed by atoms with Crippen LogP contribution in [0.3, 0.4) is 0 Å². The molecule has 4 heteroatoms. The molecule has 0 fully saturated rings. The molecular formula is C40H28N4. The van der Waals surface area contributed by atoms with E-state index in [2.05, 4.69) is 166 Å². The van der Waals surface area contributed by atoms with Gasteiger partial charge in [0.05, 0.1) is 0 Å². The highest BCUT2D eigenvalue weighted by atomic mass is 14.8. The molecule has 9 rings (SSSR count). The summed E-state index contributed by atoms with van der Waals surface area (Å²) in [6, 6.07) is 51.8. The Kier molecular flexibility index (Phi) is 5.47. The summed E-state index contributed by atoms with van der Waals surface area (Å²) in [4.78, 5) is 15.0. The third kappa shape index (κ3) is 3.92. The van der Waals surface area contributed by atoms with Crippen molar-refractivity contribution in [3.63, 3.8) is 0 Å². The van der Waals surface area contributed by atoms with Gasteiger partial charge in [-0.2, -0.15) is 0 Å². The SMILES string of the molecule is c1ccc2c(c1)-c1ccc([nH]1)-c1ccccc1-c1ccc([nH]1)-c1ccccc1-c1ccc([nH]1)-c1ccccc1-c1ccc-2[nH]1. The fourth-order valence-electron chi connectivity index (χ4n) is 6.65. The van der Waals surface area contributed by atoms with Gasteiger partial charge in [0.1, 0.15) is 0 Å². The lowest BCUT2D eigenvalue weighted by atomic mass is 10.0. The first kappa shape index (κ1) is 24.6. The highest BCUT2D eigenvalue weighted by molar-refractivity contribution is 5.90. The molecule has 0 aliphatic carbocycles. The van der Waals surface area contributed by atoms with Crippen molar-refractivity contribution in [3.05, 3.63) is 146 Å². The van der Waals surface area contributed by atoms with E-state index >= 15 is 0 Å². The molecule has 0 radical (unpaired) electrons. The minimum absolute atomic E-state index is 1.08. The average molecular weight is 565 g/mol.